The Morgan fingerprint density at radius 3 is 2.26 bits per heavy atom. The monoisotopic (exact) mass is 478 g/mol. The largest absolute Gasteiger partial charge is 0.480 e. The number of carbonyl (C=O) groups is 3. The summed E-state index contributed by atoms with van der Waals surface area (Å²) in [4.78, 5) is 37.3. The summed E-state index contributed by atoms with van der Waals surface area (Å²) in [6, 6.07) is 15.0. The van der Waals surface area contributed by atoms with Crippen molar-refractivity contribution in [1.29, 1.82) is 0 Å². The molecule has 0 spiro atoms. The van der Waals surface area contributed by atoms with Gasteiger partial charge in [-0.1, -0.05) is 81.1 Å². The van der Waals surface area contributed by atoms with Gasteiger partial charge >= 0.3 is 12.1 Å². The number of nitrogens with one attached hydrogen (secondary N) is 2. The summed E-state index contributed by atoms with van der Waals surface area (Å²) < 4.78 is 5.67. The van der Waals surface area contributed by atoms with Crippen molar-refractivity contribution < 1.29 is 24.2 Å². The average molecular weight is 479 g/mol. The third-order valence-corrected chi connectivity index (χ3v) is 7.21. The van der Waals surface area contributed by atoms with Crippen LogP contribution in [0.1, 0.15) is 68.9 Å². The lowest BCUT2D eigenvalue weighted by atomic mass is 9.83. The normalized spacial score (nSPS) is 19.8. The van der Waals surface area contributed by atoms with Gasteiger partial charge in [0.2, 0.25) is 5.91 Å². The van der Waals surface area contributed by atoms with Gasteiger partial charge in [-0.15, -0.1) is 0 Å². The lowest BCUT2D eigenvalue weighted by molar-refractivity contribution is -0.143. The second-order valence-corrected chi connectivity index (χ2v) is 9.51. The first-order valence-corrected chi connectivity index (χ1v) is 12.6. The zero-order valence-electron chi connectivity index (χ0n) is 20.2. The van der Waals surface area contributed by atoms with E-state index in [2.05, 4.69) is 34.9 Å². The molecule has 0 bridgehead atoms. The predicted molar refractivity (Wildman–Crippen MR) is 133 cm³/mol. The second kappa shape index (κ2) is 11.4. The number of benzene rings is 2. The fourth-order valence-electron chi connectivity index (χ4n) is 5.35. The van der Waals surface area contributed by atoms with Gasteiger partial charge in [-0.2, -0.15) is 0 Å². The number of aliphatic carboxylic acids is 1. The van der Waals surface area contributed by atoms with Crippen molar-refractivity contribution in [2.75, 3.05) is 6.61 Å². The Balaban J connectivity index is 1.37. The number of hydrogen-bond donors (Lipinski definition) is 3. The Morgan fingerprint density at radius 2 is 1.63 bits per heavy atom. The fourth-order valence-corrected chi connectivity index (χ4v) is 5.35. The molecule has 0 heterocycles. The molecule has 186 valence electrons. The van der Waals surface area contributed by atoms with Crippen molar-refractivity contribution >= 4 is 18.0 Å². The van der Waals surface area contributed by atoms with Crippen LogP contribution in [0.15, 0.2) is 48.5 Å². The van der Waals surface area contributed by atoms with Gasteiger partial charge in [0.1, 0.15) is 12.6 Å². The third kappa shape index (κ3) is 5.66. The molecule has 0 unspecified atom stereocenters. The van der Waals surface area contributed by atoms with Gasteiger partial charge in [0, 0.05) is 12.0 Å². The van der Waals surface area contributed by atoms with Crippen LogP contribution >= 0.6 is 0 Å². The van der Waals surface area contributed by atoms with Crippen molar-refractivity contribution in [2.45, 2.75) is 69.9 Å². The molecular formula is C28H34N2O5. The van der Waals surface area contributed by atoms with Gasteiger partial charge in [-0.3, -0.25) is 4.79 Å². The number of carboxylic acids is 1. The molecule has 0 aliphatic heterocycles. The lowest BCUT2D eigenvalue weighted by Crippen LogP contribution is -2.51. The fraction of sp³-hybridized carbons (Fsp3) is 0.464. The van der Waals surface area contributed by atoms with Gasteiger partial charge in [-0.05, 0) is 41.5 Å². The summed E-state index contributed by atoms with van der Waals surface area (Å²) in [6.45, 7) is 2.19. The van der Waals surface area contributed by atoms with Crippen LogP contribution in [-0.4, -0.2) is 41.8 Å². The highest BCUT2D eigenvalue weighted by Crippen LogP contribution is 2.44. The molecule has 1 saturated carbocycles. The van der Waals surface area contributed by atoms with Crippen molar-refractivity contribution in [3.8, 4) is 11.1 Å². The van der Waals surface area contributed by atoms with E-state index >= 15 is 0 Å². The average Bonchev–Trinajstić information content (AvgIpc) is 3.19. The van der Waals surface area contributed by atoms with E-state index in [1.54, 1.807) is 0 Å². The number of ether oxygens (including phenoxy) is 1. The third-order valence-electron chi connectivity index (χ3n) is 7.21. The number of carbonyl (C=O) groups excluding carboxylic acids is 2. The first kappa shape index (κ1) is 24.8. The van der Waals surface area contributed by atoms with E-state index in [1.807, 2.05) is 31.2 Å². The first-order valence-electron chi connectivity index (χ1n) is 12.6. The molecule has 4 rings (SSSR count). The summed E-state index contributed by atoms with van der Waals surface area (Å²) in [6.07, 6.45) is 4.48. The standard InChI is InChI=1S/C28H34N2O5/c1-2-3-15-25(27(32)33)29-26(31)22-14-8-9-16-24(22)30-28(34)35-17-23-20-12-6-4-10-18(20)19-11-5-7-13-21(19)23/h4-7,10-13,22-25H,2-3,8-9,14-17H2,1H3,(H,29,31)(H,30,34)(H,32,33)/t22-,24+,25+/m1/s1. The Hall–Kier alpha value is -3.35. The van der Waals surface area contributed by atoms with Crippen LogP contribution in [0, 0.1) is 5.92 Å². The smallest absolute Gasteiger partial charge is 0.407 e. The molecule has 2 aromatic carbocycles. The summed E-state index contributed by atoms with van der Waals surface area (Å²) in [5.41, 5.74) is 4.61. The van der Waals surface area contributed by atoms with Crippen LogP contribution in [0.3, 0.4) is 0 Å². The Kier molecular flexibility index (Phi) is 8.06. The maximum Gasteiger partial charge on any atom is 0.407 e. The number of fused-ring (bicyclic) bond motifs is 3. The molecule has 2 amide bonds. The van der Waals surface area contributed by atoms with Crippen LogP contribution in [0.5, 0.6) is 0 Å². The Labute approximate surface area is 206 Å². The second-order valence-electron chi connectivity index (χ2n) is 9.51. The highest BCUT2D eigenvalue weighted by atomic mass is 16.5. The van der Waals surface area contributed by atoms with Gasteiger partial charge in [0.15, 0.2) is 0 Å². The molecular weight excluding hydrogens is 444 g/mol. The molecule has 7 nitrogen and oxygen atoms in total. The molecule has 3 N–H and O–H groups in total. The van der Waals surface area contributed by atoms with Crippen LogP contribution in [-0.2, 0) is 14.3 Å². The summed E-state index contributed by atoms with van der Waals surface area (Å²) in [7, 11) is 0. The quantitative estimate of drug-likeness (QED) is 0.478. The van der Waals surface area contributed by atoms with E-state index in [9.17, 15) is 19.5 Å². The van der Waals surface area contributed by atoms with Gasteiger partial charge in [0.05, 0.1) is 5.92 Å². The van der Waals surface area contributed by atoms with Gasteiger partial charge in [0.25, 0.3) is 0 Å². The summed E-state index contributed by atoms with van der Waals surface area (Å²) >= 11 is 0. The number of unbranched alkanes of at least 4 members (excludes halogenated alkanes) is 1. The van der Waals surface area contributed by atoms with Gasteiger partial charge < -0.3 is 20.5 Å². The van der Waals surface area contributed by atoms with E-state index in [0.29, 0.717) is 19.3 Å². The zero-order chi connectivity index (χ0) is 24.8. The van der Waals surface area contributed by atoms with Crippen LogP contribution < -0.4 is 10.6 Å². The molecule has 3 atom stereocenters. The highest BCUT2D eigenvalue weighted by molar-refractivity contribution is 5.86. The molecule has 2 aliphatic rings. The maximum atomic E-state index is 12.9. The minimum Gasteiger partial charge on any atom is -0.480 e. The van der Waals surface area contributed by atoms with E-state index in [1.165, 1.54) is 0 Å². The number of alkyl carbamates (subject to hydrolysis) is 1. The lowest BCUT2D eigenvalue weighted by Gasteiger charge is -2.32. The molecule has 0 saturated heterocycles. The van der Waals surface area contributed by atoms with Crippen molar-refractivity contribution in [1.82, 2.24) is 10.6 Å². The van der Waals surface area contributed by atoms with Crippen molar-refractivity contribution in [2.24, 2.45) is 5.92 Å². The topological polar surface area (TPSA) is 105 Å². The molecule has 0 aromatic heterocycles. The van der Waals surface area contributed by atoms with Crippen LogP contribution in [0.4, 0.5) is 4.79 Å². The minimum atomic E-state index is -1.02. The first-order chi connectivity index (χ1) is 17.0. The maximum absolute atomic E-state index is 12.9. The molecule has 2 aliphatic carbocycles. The molecule has 1 fully saturated rings. The van der Waals surface area contributed by atoms with Crippen LogP contribution in [0.25, 0.3) is 11.1 Å². The molecule has 35 heavy (non-hydrogen) atoms. The number of amides is 2. The molecule has 7 heteroatoms. The number of rotatable bonds is 9. The molecule has 2 aromatic rings. The summed E-state index contributed by atoms with van der Waals surface area (Å²) in [5.74, 6) is -1.83. The zero-order valence-corrected chi connectivity index (χ0v) is 20.2. The Morgan fingerprint density at radius 1 is 1.00 bits per heavy atom. The van der Waals surface area contributed by atoms with Crippen molar-refractivity contribution in [3.63, 3.8) is 0 Å². The van der Waals surface area contributed by atoms with Gasteiger partial charge in [-0.25, -0.2) is 9.59 Å². The van der Waals surface area contributed by atoms with E-state index in [4.69, 9.17) is 4.74 Å². The van der Waals surface area contributed by atoms with E-state index < -0.39 is 24.0 Å². The summed E-state index contributed by atoms with van der Waals surface area (Å²) in [5, 5.41) is 15.1. The highest BCUT2D eigenvalue weighted by Gasteiger charge is 2.35. The molecule has 0 radical (unpaired) electrons. The minimum absolute atomic E-state index is 0.0338. The Bertz CT molecular complexity index is 1020. The van der Waals surface area contributed by atoms with E-state index in [0.717, 1.165) is 47.9 Å². The number of carboxylic acid groups (broad SMARTS) is 1. The van der Waals surface area contributed by atoms with Crippen LogP contribution in [0.2, 0.25) is 0 Å². The SMILES string of the molecule is CCCC[C@H](NC(=O)[C@@H]1CCCC[C@@H]1NC(=O)OCC1c2ccccc2-c2ccccc21)C(=O)O. The predicted octanol–water partition coefficient (Wildman–Crippen LogP) is 4.84. The number of hydrogen-bond acceptors (Lipinski definition) is 4. The van der Waals surface area contributed by atoms with E-state index in [-0.39, 0.29) is 24.5 Å². The van der Waals surface area contributed by atoms with Crippen molar-refractivity contribution in [3.05, 3.63) is 59.7 Å².